The first-order valence-corrected chi connectivity index (χ1v) is 6.86. The van der Waals surface area contributed by atoms with Gasteiger partial charge in [-0.3, -0.25) is 9.59 Å². The second-order valence-electron chi connectivity index (χ2n) is 5.11. The van der Waals surface area contributed by atoms with Crippen molar-refractivity contribution in [3.8, 4) is 0 Å². The fourth-order valence-corrected chi connectivity index (χ4v) is 2.42. The maximum absolute atomic E-state index is 13.0. The highest BCUT2D eigenvalue weighted by molar-refractivity contribution is 5.87. The van der Waals surface area contributed by atoms with Crippen LogP contribution in [0.1, 0.15) is 31.2 Å². The van der Waals surface area contributed by atoms with E-state index in [2.05, 4.69) is 5.32 Å². The van der Waals surface area contributed by atoms with Gasteiger partial charge in [0.25, 0.3) is 0 Å². The van der Waals surface area contributed by atoms with Crippen LogP contribution in [0.4, 0.5) is 4.39 Å². The van der Waals surface area contributed by atoms with Crippen LogP contribution in [0.3, 0.4) is 0 Å². The predicted molar refractivity (Wildman–Crippen MR) is 73.3 cm³/mol. The first-order chi connectivity index (χ1) is 9.58. The summed E-state index contributed by atoms with van der Waals surface area (Å²) in [4.78, 5) is 25.4. The number of nitrogens with zero attached hydrogens (tertiary/aromatic N) is 1. The molecule has 1 saturated heterocycles. The van der Waals surface area contributed by atoms with E-state index >= 15 is 0 Å². The molecule has 108 valence electrons. The maximum Gasteiger partial charge on any atom is 0.243 e. The summed E-state index contributed by atoms with van der Waals surface area (Å²) in [5, 5.41) is 2.78. The van der Waals surface area contributed by atoms with Crippen LogP contribution in [0.2, 0.25) is 0 Å². The Hall–Kier alpha value is -1.91. The highest BCUT2D eigenvalue weighted by atomic mass is 19.1. The first kappa shape index (κ1) is 14.5. The Kier molecular flexibility index (Phi) is 4.71. The topological polar surface area (TPSA) is 49.4 Å². The minimum Gasteiger partial charge on any atom is -0.350 e. The van der Waals surface area contributed by atoms with Gasteiger partial charge >= 0.3 is 0 Å². The Labute approximate surface area is 118 Å². The van der Waals surface area contributed by atoms with Gasteiger partial charge in [-0.15, -0.1) is 0 Å². The van der Waals surface area contributed by atoms with Crippen LogP contribution in [-0.4, -0.2) is 29.8 Å². The molecule has 1 aliphatic heterocycles. The lowest BCUT2D eigenvalue weighted by Crippen LogP contribution is -2.46. The molecule has 0 radical (unpaired) electrons. The van der Waals surface area contributed by atoms with E-state index in [0.717, 1.165) is 12.8 Å². The van der Waals surface area contributed by atoms with Crippen molar-refractivity contribution in [3.05, 3.63) is 35.6 Å². The predicted octanol–water partition coefficient (Wildman–Crippen LogP) is 1.84. The van der Waals surface area contributed by atoms with Gasteiger partial charge in [0.15, 0.2) is 0 Å². The van der Waals surface area contributed by atoms with E-state index in [0.29, 0.717) is 18.4 Å². The van der Waals surface area contributed by atoms with Gasteiger partial charge < -0.3 is 10.2 Å². The lowest BCUT2D eigenvalue weighted by molar-refractivity contribution is -0.138. The Bertz CT molecular complexity index is 504. The minimum atomic E-state index is -0.418. The summed E-state index contributed by atoms with van der Waals surface area (Å²) in [6, 6.07) is 5.70. The first-order valence-electron chi connectivity index (χ1n) is 6.86. The van der Waals surface area contributed by atoms with Crippen molar-refractivity contribution in [2.24, 2.45) is 0 Å². The average molecular weight is 278 g/mol. The average Bonchev–Trinajstić information content (AvgIpc) is 2.59. The number of hydrogen-bond acceptors (Lipinski definition) is 2. The van der Waals surface area contributed by atoms with Crippen LogP contribution >= 0.6 is 0 Å². The number of carbonyl (C=O) groups is 2. The Morgan fingerprint density at radius 1 is 1.45 bits per heavy atom. The second-order valence-corrected chi connectivity index (χ2v) is 5.11. The third kappa shape index (κ3) is 3.56. The molecule has 4 nitrogen and oxygen atoms in total. The van der Waals surface area contributed by atoms with Crippen molar-refractivity contribution in [2.45, 2.75) is 38.3 Å². The molecule has 1 aliphatic rings. The van der Waals surface area contributed by atoms with Gasteiger partial charge in [0.05, 0.1) is 0 Å². The molecular formula is C15H19FN2O2. The molecule has 1 atom stereocenters. The molecule has 0 saturated carbocycles. The molecule has 0 aliphatic carbocycles. The van der Waals surface area contributed by atoms with Crippen molar-refractivity contribution in [1.82, 2.24) is 10.2 Å². The van der Waals surface area contributed by atoms with Gasteiger partial charge in [0.1, 0.15) is 11.9 Å². The molecule has 5 heteroatoms. The number of halogens is 1. The highest BCUT2D eigenvalue weighted by Gasteiger charge is 2.28. The van der Waals surface area contributed by atoms with Crippen molar-refractivity contribution in [2.75, 3.05) is 7.05 Å². The number of rotatable bonds is 3. The summed E-state index contributed by atoms with van der Waals surface area (Å²) in [5.74, 6) is -0.487. The van der Waals surface area contributed by atoms with Gasteiger partial charge in [-0.05, 0) is 30.5 Å². The SMILES string of the molecule is CN1C(=O)CCCCC1C(=O)NCc1cccc(F)c1. The van der Waals surface area contributed by atoms with E-state index in [1.807, 2.05) is 0 Å². The number of likely N-dealkylation sites (N-methyl/N-ethyl adjacent to an activating group) is 1. The number of benzene rings is 1. The van der Waals surface area contributed by atoms with Crippen LogP contribution in [0.15, 0.2) is 24.3 Å². The standard InChI is InChI=1S/C15H19FN2O2/c1-18-13(7-2-3-8-14(18)19)15(20)17-10-11-5-4-6-12(16)9-11/h4-6,9,13H,2-3,7-8,10H2,1H3,(H,17,20). The Morgan fingerprint density at radius 3 is 3.00 bits per heavy atom. The molecular weight excluding hydrogens is 259 g/mol. The van der Waals surface area contributed by atoms with E-state index in [9.17, 15) is 14.0 Å². The summed E-state index contributed by atoms with van der Waals surface area (Å²) in [6.07, 6.45) is 2.88. The molecule has 1 heterocycles. The van der Waals surface area contributed by atoms with Crippen molar-refractivity contribution >= 4 is 11.8 Å². The maximum atomic E-state index is 13.0. The zero-order valence-electron chi connectivity index (χ0n) is 11.6. The van der Waals surface area contributed by atoms with Crippen LogP contribution in [-0.2, 0) is 16.1 Å². The van der Waals surface area contributed by atoms with Crippen LogP contribution in [0, 0.1) is 5.82 Å². The minimum absolute atomic E-state index is 0.00778. The lowest BCUT2D eigenvalue weighted by Gasteiger charge is -2.25. The lowest BCUT2D eigenvalue weighted by atomic mass is 10.1. The van der Waals surface area contributed by atoms with E-state index < -0.39 is 6.04 Å². The molecule has 1 aromatic rings. The Balaban J connectivity index is 1.95. The quantitative estimate of drug-likeness (QED) is 0.917. The van der Waals surface area contributed by atoms with Gasteiger partial charge in [0, 0.05) is 20.0 Å². The molecule has 1 N–H and O–H groups in total. The molecule has 1 unspecified atom stereocenters. The largest absolute Gasteiger partial charge is 0.350 e. The van der Waals surface area contributed by atoms with Gasteiger partial charge in [0.2, 0.25) is 11.8 Å². The van der Waals surface area contributed by atoms with Crippen LogP contribution < -0.4 is 5.32 Å². The molecule has 0 bridgehead atoms. The summed E-state index contributed by atoms with van der Waals surface area (Å²) >= 11 is 0. The summed E-state index contributed by atoms with van der Waals surface area (Å²) in [6.45, 7) is 0.273. The summed E-state index contributed by atoms with van der Waals surface area (Å²) in [7, 11) is 1.67. The van der Waals surface area contributed by atoms with Gasteiger partial charge in [-0.2, -0.15) is 0 Å². The van der Waals surface area contributed by atoms with Gasteiger partial charge in [-0.1, -0.05) is 18.6 Å². The third-order valence-electron chi connectivity index (χ3n) is 3.64. The van der Waals surface area contributed by atoms with Crippen molar-refractivity contribution < 1.29 is 14.0 Å². The van der Waals surface area contributed by atoms with Crippen LogP contribution in [0.5, 0.6) is 0 Å². The molecule has 1 aromatic carbocycles. The van der Waals surface area contributed by atoms with Crippen LogP contribution in [0.25, 0.3) is 0 Å². The normalized spacial score (nSPS) is 19.6. The molecule has 20 heavy (non-hydrogen) atoms. The van der Waals surface area contributed by atoms with E-state index in [1.165, 1.54) is 17.0 Å². The summed E-state index contributed by atoms with van der Waals surface area (Å²) in [5.41, 5.74) is 0.709. The van der Waals surface area contributed by atoms with Crippen molar-refractivity contribution in [1.29, 1.82) is 0 Å². The number of nitrogens with one attached hydrogen (secondary N) is 1. The van der Waals surface area contributed by atoms with E-state index in [1.54, 1.807) is 19.2 Å². The fraction of sp³-hybridized carbons (Fsp3) is 0.467. The monoisotopic (exact) mass is 278 g/mol. The van der Waals surface area contributed by atoms with Gasteiger partial charge in [-0.25, -0.2) is 4.39 Å². The fourth-order valence-electron chi connectivity index (χ4n) is 2.42. The molecule has 0 aromatic heterocycles. The Morgan fingerprint density at radius 2 is 2.25 bits per heavy atom. The third-order valence-corrected chi connectivity index (χ3v) is 3.64. The summed E-state index contributed by atoms with van der Waals surface area (Å²) < 4.78 is 13.0. The number of carbonyl (C=O) groups excluding carboxylic acids is 2. The number of hydrogen-bond donors (Lipinski definition) is 1. The number of likely N-dealkylation sites (tertiary alicyclic amines) is 1. The smallest absolute Gasteiger partial charge is 0.243 e. The number of amides is 2. The van der Waals surface area contributed by atoms with E-state index in [4.69, 9.17) is 0 Å². The molecule has 2 amide bonds. The highest BCUT2D eigenvalue weighted by Crippen LogP contribution is 2.16. The molecule has 1 fully saturated rings. The molecule has 2 rings (SSSR count). The van der Waals surface area contributed by atoms with E-state index in [-0.39, 0.29) is 24.2 Å². The zero-order valence-corrected chi connectivity index (χ0v) is 11.6. The van der Waals surface area contributed by atoms with Crippen molar-refractivity contribution in [3.63, 3.8) is 0 Å². The second kappa shape index (κ2) is 6.50. The zero-order chi connectivity index (χ0) is 14.5. The molecule has 0 spiro atoms.